The highest BCUT2D eigenvalue weighted by Crippen LogP contribution is 2.27. The lowest BCUT2D eigenvalue weighted by atomic mass is 10.1. The third-order valence-electron chi connectivity index (χ3n) is 2.75. The molecule has 80 valence electrons. The van der Waals surface area contributed by atoms with Gasteiger partial charge >= 0.3 is 0 Å². The van der Waals surface area contributed by atoms with Gasteiger partial charge in [0, 0.05) is 23.0 Å². The first-order valence-corrected chi connectivity index (χ1v) is 5.33. The monoisotopic (exact) mass is 212 g/mol. The van der Waals surface area contributed by atoms with Crippen LogP contribution in [0, 0.1) is 6.92 Å². The van der Waals surface area contributed by atoms with Gasteiger partial charge in [0.15, 0.2) is 0 Å². The highest BCUT2D eigenvalue weighted by Gasteiger charge is 2.16. The zero-order valence-electron chi connectivity index (χ0n) is 9.10. The Morgan fingerprint density at radius 3 is 2.75 bits per heavy atom. The fourth-order valence-corrected chi connectivity index (χ4v) is 1.95. The molecule has 0 unspecified atom stereocenters. The van der Waals surface area contributed by atoms with Gasteiger partial charge in [-0.1, -0.05) is 12.1 Å². The maximum absolute atomic E-state index is 5.61. The second-order valence-electron chi connectivity index (χ2n) is 3.96. The molecule has 0 aliphatic carbocycles. The highest BCUT2D eigenvalue weighted by atomic mass is 16.5. The second kappa shape index (κ2) is 3.68. The van der Waals surface area contributed by atoms with Crippen LogP contribution < -0.4 is 0 Å². The van der Waals surface area contributed by atoms with Crippen LogP contribution in [0.4, 0.5) is 0 Å². The quantitative estimate of drug-likeness (QED) is 0.673. The molecular formula is C13H12N2O. The molecule has 0 amide bonds. The first-order valence-electron chi connectivity index (χ1n) is 5.33. The van der Waals surface area contributed by atoms with E-state index in [4.69, 9.17) is 4.74 Å². The molecule has 3 rings (SSSR count). The van der Waals surface area contributed by atoms with Crippen molar-refractivity contribution in [2.45, 2.75) is 20.1 Å². The standard InChI is InChI=1S/C13H12N2O/c1-9-4-5-11-8-16-7-10-3-2-6-14-12(10)13(11)15-9/h2-6H,7-8H2,1H3. The van der Waals surface area contributed by atoms with Crippen molar-refractivity contribution in [1.82, 2.24) is 9.97 Å². The van der Waals surface area contributed by atoms with Crippen molar-refractivity contribution in [3.63, 3.8) is 0 Å². The Kier molecular flexibility index (Phi) is 2.18. The Balaban J connectivity index is 2.28. The predicted molar refractivity (Wildman–Crippen MR) is 60.7 cm³/mol. The van der Waals surface area contributed by atoms with E-state index in [9.17, 15) is 0 Å². The largest absolute Gasteiger partial charge is 0.372 e. The minimum Gasteiger partial charge on any atom is -0.372 e. The lowest BCUT2D eigenvalue weighted by molar-refractivity contribution is 0.109. The number of aromatic nitrogens is 2. The molecule has 1 aliphatic rings. The van der Waals surface area contributed by atoms with Crippen LogP contribution in [0.25, 0.3) is 11.4 Å². The zero-order valence-corrected chi connectivity index (χ0v) is 9.10. The average Bonchev–Trinajstić information content (AvgIpc) is 2.48. The molecule has 3 heterocycles. The third-order valence-corrected chi connectivity index (χ3v) is 2.75. The number of aryl methyl sites for hydroxylation is 1. The topological polar surface area (TPSA) is 35.0 Å². The van der Waals surface area contributed by atoms with E-state index in [1.165, 1.54) is 0 Å². The minimum absolute atomic E-state index is 0.610. The SMILES string of the molecule is Cc1ccc2c(n1)-c1ncccc1COC2. The summed E-state index contributed by atoms with van der Waals surface area (Å²) in [6.07, 6.45) is 1.80. The number of hydrogen-bond acceptors (Lipinski definition) is 3. The van der Waals surface area contributed by atoms with Crippen molar-refractivity contribution in [3.05, 3.63) is 47.3 Å². The molecule has 3 nitrogen and oxygen atoms in total. The van der Waals surface area contributed by atoms with E-state index in [-0.39, 0.29) is 0 Å². The van der Waals surface area contributed by atoms with Crippen LogP contribution in [0.1, 0.15) is 16.8 Å². The van der Waals surface area contributed by atoms with Crippen molar-refractivity contribution >= 4 is 0 Å². The summed E-state index contributed by atoms with van der Waals surface area (Å²) >= 11 is 0. The van der Waals surface area contributed by atoms with Gasteiger partial charge in [0.2, 0.25) is 0 Å². The van der Waals surface area contributed by atoms with Gasteiger partial charge in [-0.15, -0.1) is 0 Å². The van der Waals surface area contributed by atoms with Gasteiger partial charge < -0.3 is 4.74 Å². The number of hydrogen-bond donors (Lipinski definition) is 0. The smallest absolute Gasteiger partial charge is 0.0948 e. The lowest BCUT2D eigenvalue weighted by Crippen LogP contribution is -1.95. The number of rotatable bonds is 0. The average molecular weight is 212 g/mol. The Hall–Kier alpha value is -1.74. The molecule has 0 saturated heterocycles. The molecule has 0 spiro atoms. The van der Waals surface area contributed by atoms with Gasteiger partial charge in [-0.25, -0.2) is 0 Å². The molecular weight excluding hydrogens is 200 g/mol. The molecule has 0 atom stereocenters. The number of pyridine rings is 2. The summed E-state index contributed by atoms with van der Waals surface area (Å²) in [5.74, 6) is 0. The van der Waals surface area contributed by atoms with Crippen LogP contribution in [0.15, 0.2) is 30.5 Å². The Labute approximate surface area is 94.1 Å². The van der Waals surface area contributed by atoms with E-state index < -0.39 is 0 Å². The van der Waals surface area contributed by atoms with E-state index in [1.807, 2.05) is 25.1 Å². The molecule has 3 heteroatoms. The normalized spacial score (nSPS) is 13.8. The van der Waals surface area contributed by atoms with Gasteiger partial charge in [0.1, 0.15) is 0 Å². The van der Waals surface area contributed by atoms with Gasteiger partial charge in [0.05, 0.1) is 24.6 Å². The van der Waals surface area contributed by atoms with Crippen LogP contribution in [0.3, 0.4) is 0 Å². The van der Waals surface area contributed by atoms with Crippen LogP contribution in [-0.2, 0) is 18.0 Å². The summed E-state index contributed by atoms with van der Waals surface area (Å²) in [6.45, 7) is 3.21. The number of ether oxygens (including phenoxy) is 1. The fourth-order valence-electron chi connectivity index (χ4n) is 1.95. The second-order valence-corrected chi connectivity index (χ2v) is 3.96. The molecule has 0 fully saturated rings. The molecule has 16 heavy (non-hydrogen) atoms. The Morgan fingerprint density at radius 2 is 1.88 bits per heavy atom. The summed E-state index contributed by atoms with van der Waals surface area (Å²) < 4.78 is 5.61. The van der Waals surface area contributed by atoms with Gasteiger partial charge in [0.25, 0.3) is 0 Å². The molecule has 0 bridgehead atoms. The molecule has 0 radical (unpaired) electrons. The van der Waals surface area contributed by atoms with E-state index >= 15 is 0 Å². The minimum atomic E-state index is 0.610. The Morgan fingerprint density at radius 1 is 1.06 bits per heavy atom. The fraction of sp³-hybridized carbons (Fsp3) is 0.231. The van der Waals surface area contributed by atoms with Crippen molar-refractivity contribution in [1.29, 1.82) is 0 Å². The maximum atomic E-state index is 5.61. The molecule has 0 N–H and O–H groups in total. The summed E-state index contributed by atoms with van der Waals surface area (Å²) in [4.78, 5) is 8.99. The van der Waals surface area contributed by atoms with E-state index in [0.29, 0.717) is 13.2 Å². The van der Waals surface area contributed by atoms with E-state index in [2.05, 4.69) is 16.0 Å². The number of fused-ring (bicyclic) bond motifs is 3. The van der Waals surface area contributed by atoms with Gasteiger partial charge in [-0.2, -0.15) is 0 Å². The first kappa shape index (κ1) is 9.48. The van der Waals surface area contributed by atoms with Crippen LogP contribution in [0.5, 0.6) is 0 Å². The molecule has 1 aliphatic heterocycles. The van der Waals surface area contributed by atoms with Crippen molar-refractivity contribution in [2.75, 3.05) is 0 Å². The summed E-state index contributed by atoms with van der Waals surface area (Å²) in [5.41, 5.74) is 5.16. The Bertz CT molecular complexity index is 537. The van der Waals surface area contributed by atoms with Crippen LogP contribution in [0.2, 0.25) is 0 Å². The first-order chi connectivity index (χ1) is 7.84. The molecule has 2 aromatic rings. The summed E-state index contributed by atoms with van der Waals surface area (Å²) in [5, 5.41) is 0. The zero-order chi connectivity index (χ0) is 11.0. The highest BCUT2D eigenvalue weighted by molar-refractivity contribution is 5.63. The molecule has 2 aromatic heterocycles. The van der Waals surface area contributed by atoms with Gasteiger partial charge in [-0.05, 0) is 19.1 Å². The van der Waals surface area contributed by atoms with Crippen molar-refractivity contribution < 1.29 is 4.74 Å². The molecule has 0 aromatic carbocycles. The van der Waals surface area contributed by atoms with E-state index in [0.717, 1.165) is 28.2 Å². The van der Waals surface area contributed by atoms with E-state index in [1.54, 1.807) is 6.20 Å². The van der Waals surface area contributed by atoms with Crippen molar-refractivity contribution in [2.24, 2.45) is 0 Å². The van der Waals surface area contributed by atoms with Crippen LogP contribution in [-0.4, -0.2) is 9.97 Å². The number of nitrogens with zero attached hydrogens (tertiary/aromatic N) is 2. The predicted octanol–water partition coefficient (Wildman–Crippen LogP) is 2.48. The maximum Gasteiger partial charge on any atom is 0.0948 e. The summed E-state index contributed by atoms with van der Waals surface area (Å²) in [6, 6.07) is 8.06. The summed E-state index contributed by atoms with van der Waals surface area (Å²) in [7, 11) is 0. The molecule has 0 saturated carbocycles. The van der Waals surface area contributed by atoms with Crippen molar-refractivity contribution in [3.8, 4) is 11.4 Å². The van der Waals surface area contributed by atoms with Crippen LogP contribution >= 0.6 is 0 Å². The van der Waals surface area contributed by atoms with Gasteiger partial charge in [-0.3, -0.25) is 9.97 Å². The third kappa shape index (κ3) is 1.49. The lowest BCUT2D eigenvalue weighted by Gasteiger charge is -2.06.